The third kappa shape index (κ3) is 2.98. The summed E-state index contributed by atoms with van der Waals surface area (Å²) in [5.41, 5.74) is 0.306. The predicted molar refractivity (Wildman–Crippen MR) is 67.7 cm³/mol. The van der Waals surface area contributed by atoms with E-state index in [0.29, 0.717) is 16.3 Å². The van der Waals surface area contributed by atoms with E-state index >= 15 is 0 Å². The number of carbonyl (C=O) groups excluding carboxylic acids is 1. The number of carbonyl (C=O) groups is 2. The lowest BCUT2D eigenvalue weighted by molar-refractivity contribution is 0.0852. The van der Waals surface area contributed by atoms with Gasteiger partial charge in [-0.25, -0.2) is 9.78 Å². The Kier molecular flexibility index (Phi) is 3.93. The highest BCUT2D eigenvalue weighted by Crippen LogP contribution is 2.31. The minimum Gasteiger partial charge on any atom is -0.465 e. The third-order valence-electron chi connectivity index (χ3n) is 2.12. The molecule has 0 spiro atoms. The summed E-state index contributed by atoms with van der Waals surface area (Å²) in [4.78, 5) is 26.8. The first kappa shape index (κ1) is 13.2. The van der Waals surface area contributed by atoms with Gasteiger partial charge in [0.25, 0.3) is 0 Å². The lowest BCUT2D eigenvalue weighted by Crippen LogP contribution is -2.06. The number of carboxylic acid groups (broad SMARTS) is 1. The number of hydrogen-bond donors (Lipinski definition) is 2. The molecule has 0 atom stereocenters. The van der Waals surface area contributed by atoms with Crippen LogP contribution in [-0.2, 0) is 4.74 Å². The zero-order valence-electron chi connectivity index (χ0n) is 9.87. The number of aromatic nitrogens is 1. The zero-order chi connectivity index (χ0) is 13.8. The summed E-state index contributed by atoms with van der Waals surface area (Å²) in [7, 11) is 1.40. The monoisotopic (exact) mass is 282 g/mol. The Bertz CT molecular complexity index is 590. The van der Waals surface area contributed by atoms with E-state index in [1.807, 2.05) is 0 Å². The van der Waals surface area contributed by atoms with Crippen molar-refractivity contribution in [3.05, 3.63) is 23.3 Å². The van der Waals surface area contributed by atoms with Crippen LogP contribution < -0.4 is 5.32 Å². The minimum absolute atomic E-state index is 0.109. The normalized spacial score (nSPS) is 10.4. The molecular formula is C11H10N2O5S. The second-order valence-electron chi connectivity index (χ2n) is 3.46. The quantitative estimate of drug-likeness (QED) is 0.816. The number of ether oxygens (including phenoxy) is 1. The highest BCUT2D eigenvalue weighted by atomic mass is 32.1. The molecule has 0 saturated heterocycles. The van der Waals surface area contributed by atoms with Crippen LogP contribution in [0.4, 0.5) is 9.93 Å². The number of amides is 1. The molecule has 0 fully saturated rings. The van der Waals surface area contributed by atoms with Crippen LogP contribution in [-0.4, -0.2) is 35.7 Å². The number of furan rings is 1. The maximum atomic E-state index is 11.9. The van der Waals surface area contributed by atoms with Crippen LogP contribution in [0, 0.1) is 0 Å². The van der Waals surface area contributed by atoms with Crippen molar-refractivity contribution in [3.8, 4) is 11.5 Å². The SMILES string of the molecule is COCC(=O)c1sc(NC(=O)O)nc1-c1ccco1. The van der Waals surface area contributed by atoms with Crippen LogP contribution in [0.3, 0.4) is 0 Å². The van der Waals surface area contributed by atoms with Crippen LogP contribution in [0.5, 0.6) is 0 Å². The molecular weight excluding hydrogens is 272 g/mol. The summed E-state index contributed by atoms with van der Waals surface area (Å²) in [5.74, 6) is 0.110. The largest absolute Gasteiger partial charge is 0.465 e. The van der Waals surface area contributed by atoms with E-state index in [-0.39, 0.29) is 17.5 Å². The first-order valence-electron chi connectivity index (χ1n) is 5.18. The molecule has 0 aliphatic carbocycles. The van der Waals surface area contributed by atoms with Crippen molar-refractivity contribution >= 4 is 28.3 Å². The number of hydrogen-bond acceptors (Lipinski definition) is 6. The second kappa shape index (κ2) is 5.63. The van der Waals surface area contributed by atoms with Gasteiger partial charge in [0, 0.05) is 7.11 Å². The van der Waals surface area contributed by atoms with Crippen molar-refractivity contribution in [1.82, 2.24) is 4.98 Å². The van der Waals surface area contributed by atoms with Crippen molar-refractivity contribution in [2.24, 2.45) is 0 Å². The summed E-state index contributed by atoms with van der Waals surface area (Å²) >= 11 is 0.942. The van der Waals surface area contributed by atoms with E-state index in [4.69, 9.17) is 14.3 Å². The van der Waals surface area contributed by atoms with Gasteiger partial charge in [0.15, 0.2) is 10.9 Å². The van der Waals surface area contributed by atoms with Gasteiger partial charge in [0.1, 0.15) is 17.2 Å². The number of anilines is 1. The zero-order valence-corrected chi connectivity index (χ0v) is 10.7. The minimum atomic E-state index is -1.24. The Morgan fingerprint density at radius 2 is 2.37 bits per heavy atom. The maximum Gasteiger partial charge on any atom is 0.410 e. The van der Waals surface area contributed by atoms with E-state index in [9.17, 15) is 9.59 Å². The Hall–Kier alpha value is -2.19. The van der Waals surface area contributed by atoms with E-state index in [0.717, 1.165) is 11.3 Å². The van der Waals surface area contributed by atoms with Gasteiger partial charge in [-0.2, -0.15) is 0 Å². The standard InChI is InChI=1S/C11H10N2O5S/c1-17-5-6(14)9-8(7-3-2-4-18-7)12-10(19-9)13-11(15)16/h2-4H,5H2,1H3,(H,12,13)(H,15,16). The first-order valence-corrected chi connectivity index (χ1v) is 6.00. The Labute approximate surface area is 111 Å². The van der Waals surface area contributed by atoms with Crippen molar-refractivity contribution < 1.29 is 23.8 Å². The number of nitrogens with one attached hydrogen (secondary N) is 1. The fourth-order valence-corrected chi connectivity index (χ4v) is 2.32. The molecule has 2 N–H and O–H groups in total. The summed E-state index contributed by atoms with van der Waals surface area (Å²) in [6, 6.07) is 3.30. The molecule has 8 heteroatoms. The third-order valence-corrected chi connectivity index (χ3v) is 3.14. The second-order valence-corrected chi connectivity index (χ2v) is 4.46. The molecule has 0 aliphatic rings. The van der Waals surface area contributed by atoms with Crippen molar-refractivity contribution in [3.63, 3.8) is 0 Å². The molecule has 0 aromatic carbocycles. The van der Waals surface area contributed by atoms with Gasteiger partial charge in [-0.15, -0.1) is 0 Å². The van der Waals surface area contributed by atoms with Gasteiger partial charge < -0.3 is 14.3 Å². The van der Waals surface area contributed by atoms with E-state index in [2.05, 4.69) is 10.3 Å². The van der Waals surface area contributed by atoms with Gasteiger partial charge in [-0.3, -0.25) is 10.1 Å². The number of ketones is 1. The molecule has 2 rings (SSSR count). The van der Waals surface area contributed by atoms with Crippen LogP contribution in [0.25, 0.3) is 11.5 Å². The van der Waals surface area contributed by atoms with Gasteiger partial charge in [-0.05, 0) is 12.1 Å². The molecule has 0 radical (unpaired) electrons. The van der Waals surface area contributed by atoms with Gasteiger partial charge in [0.05, 0.1) is 6.26 Å². The Balaban J connectivity index is 2.41. The van der Waals surface area contributed by atoms with Gasteiger partial charge in [-0.1, -0.05) is 11.3 Å². The van der Waals surface area contributed by atoms with Gasteiger partial charge in [0.2, 0.25) is 5.78 Å². The number of rotatable bonds is 5. The molecule has 2 aromatic rings. The van der Waals surface area contributed by atoms with Crippen molar-refractivity contribution in [2.45, 2.75) is 0 Å². The summed E-state index contributed by atoms with van der Waals surface area (Å²) < 4.78 is 9.97. The topological polar surface area (TPSA) is 102 Å². The highest BCUT2D eigenvalue weighted by molar-refractivity contribution is 7.18. The Morgan fingerprint density at radius 1 is 1.58 bits per heavy atom. The highest BCUT2D eigenvalue weighted by Gasteiger charge is 2.21. The molecule has 0 bridgehead atoms. The fourth-order valence-electron chi connectivity index (χ4n) is 1.43. The summed E-state index contributed by atoms with van der Waals surface area (Å²) in [6.45, 7) is -0.109. The maximum absolute atomic E-state index is 11.9. The van der Waals surface area contributed by atoms with E-state index in [1.54, 1.807) is 12.1 Å². The Morgan fingerprint density at radius 3 is 2.95 bits per heavy atom. The van der Waals surface area contributed by atoms with Crippen LogP contribution in [0.15, 0.2) is 22.8 Å². The van der Waals surface area contributed by atoms with Gasteiger partial charge >= 0.3 is 6.09 Å². The lowest BCUT2D eigenvalue weighted by Gasteiger charge is -1.97. The number of nitrogens with zero attached hydrogens (tertiary/aromatic N) is 1. The van der Waals surface area contributed by atoms with Crippen LogP contribution in [0.1, 0.15) is 9.67 Å². The predicted octanol–water partition coefficient (Wildman–Crippen LogP) is 2.32. The molecule has 19 heavy (non-hydrogen) atoms. The van der Waals surface area contributed by atoms with Crippen molar-refractivity contribution in [1.29, 1.82) is 0 Å². The number of methoxy groups -OCH3 is 1. The smallest absolute Gasteiger partial charge is 0.410 e. The molecule has 100 valence electrons. The fraction of sp³-hybridized carbons (Fsp3) is 0.182. The van der Waals surface area contributed by atoms with E-state index < -0.39 is 6.09 Å². The number of Topliss-reactive ketones (excluding diaryl/α,β-unsaturated/α-hetero) is 1. The summed E-state index contributed by atoms with van der Waals surface area (Å²) in [6.07, 6.45) is 0.203. The average Bonchev–Trinajstić information content (AvgIpc) is 2.96. The van der Waals surface area contributed by atoms with Crippen LogP contribution >= 0.6 is 11.3 Å². The molecule has 0 aliphatic heterocycles. The molecule has 0 unspecified atom stereocenters. The average molecular weight is 282 g/mol. The number of thiazole rings is 1. The molecule has 2 heterocycles. The molecule has 1 amide bonds. The molecule has 2 aromatic heterocycles. The van der Waals surface area contributed by atoms with Crippen LogP contribution in [0.2, 0.25) is 0 Å². The summed E-state index contributed by atoms with van der Waals surface area (Å²) in [5, 5.41) is 10.9. The van der Waals surface area contributed by atoms with E-state index in [1.165, 1.54) is 13.4 Å². The first-order chi connectivity index (χ1) is 9.11. The van der Waals surface area contributed by atoms with Crippen molar-refractivity contribution in [2.75, 3.05) is 19.0 Å². The molecule has 0 saturated carbocycles. The molecule has 7 nitrogen and oxygen atoms in total. The lowest BCUT2D eigenvalue weighted by atomic mass is 10.2.